The Labute approximate surface area is 121 Å². The van der Waals surface area contributed by atoms with Crippen molar-refractivity contribution in [1.29, 1.82) is 0 Å². The number of rotatable bonds is 5. The first kappa shape index (κ1) is 16.4. The molecule has 2 atom stereocenters. The van der Waals surface area contributed by atoms with Gasteiger partial charge in [0.1, 0.15) is 17.3 Å². The lowest BCUT2D eigenvalue weighted by Crippen LogP contribution is -2.35. The Morgan fingerprint density at radius 2 is 1.60 bits per heavy atom. The Morgan fingerprint density at radius 1 is 1.10 bits per heavy atom. The molecule has 0 saturated heterocycles. The third-order valence-electron chi connectivity index (χ3n) is 3.60. The number of benzene rings is 1. The van der Waals surface area contributed by atoms with Gasteiger partial charge in [0.25, 0.3) is 0 Å². The van der Waals surface area contributed by atoms with Crippen LogP contribution in [0.4, 0.5) is 0 Å². The van der Waals surface area contributed by atoms with E-state index in [1.54, 1.807) is 7.11 Å². The number of carbonyl (C=O) groups is 2. The van der Waals surface area contributed by atoms with Crippen LogP contribution in [0, 0.1) is 11.3 Å². The highest BCUT2D eigenvalue weighted by Gasteiger charge is 2.36. The number of hydrogen-bond acceptors (Lipinski definition) is 3. The first-order valence-corrected chi connectivity index (χ1v) is 6.87. The summed E-state index contributed by atoms with van der Waals surface area (Å²) < 4.78 is 5.12. The Hall–Kier alpha value is -1.64. The summed E-state index contributed by atoms with van der Waals surface area (Å²) in [5.41, 5.74) is 0.459. The minimum atomic E-state index is -0.594. The van der Waals surface area contributed by atoms with Crippen LogP contribution in [0.25, 0.3) is 0 Å². The van der Waals surface area contributed by atoms with Gasteiger partial charge in [0.15, 0.2) is 0 Å². The molecule has 3 nitrogen and oxygen atoms in total. The molecule has 1 rings (SSSR count). The summed E-state index contributed by atoms with van der Waals surface area (Å²) in [6, 6.07) is 7.53. The minimum Gasteiger partial charge on any atom is -0.497 e. The summed E-state index contributed by atoms with van der Waals surface area (Å²) in [5, 5.41) is 0. The number of Topliss-reactive ketones (excluding diaryl/α,β-unsaturated/α-hetero) is 2. The van der Waals surface area contributed by atoms with E-state index in [9.17, 15) is 9.59 Å². The summed E-state index contributed by atoms with van der Waals surface area (Å²) in [7, 11) is 1.61. The first-order chi connectivity index (χ1) is 9.18. The molecule has 0 aromatic heterocycles. The molecule has 0 unspecified atom stereocenters. The fourth-order valence-corrected chi connectivity index (χ4v) is 2.33. The van der Waals surface area contributed by atoms with E-state index in [2.05, 4.69) is 0 Å². The zero-order valence-corrected chi connectivity index (χ0v) is 13.2. The standard InChI is InChI=1S/C17H24O3/c1-11(13-7-9-14(20-6)10-8-13)15(12(2)18)16(19)17(3,4)5/h7-11,15H,1-6H3/t11-,15-/m1/s1. The van der Waals surface area contributed by atoms with Crippen molar-refractivity contribution in [2.75, 3.05) is 7.11 Å². The lowest BCUT2D eigenvalue weighted by atomic mass is 9.74. The highest BCUT2D eigenvalue weighted by Crippen LogP contribution is 2.32. The van der Waals surface area contributed by atoms with Crippen LogP contribution in [0.5, 0.6) is 5.75 Å². The number of ether oxygens (including phenoxy) is 1. The van der Waals surface area contributed by atoms with Gasteiger partial charge in [-0.2, -0.15) is 0 Å². The van der Waals surface area contributed by atoms with Crippen molar-refractivity contribution in [2.24, 2.45) is 11.3 Å². The topological polar surface area (TPSA) is 43.4 Å². The van der Waals surface area contributed by atoms with E-state index >= 15 is 0 Å². The molecule has 0 bridgehead atoms. The predicted molar refractivity (Wildman–Crippen MR) is 80.0 cm³/mol. The highest BCUT2D eigenvalue weighted by molar-refractivity contribution is 6.04. The van der Waals surface area contributed by atoms with Crippen LogP contribution in [0.1, 0.15) is 46.1 Å². The van der Waals surface area contributed by atoms with E-state index in [0.717, 1.165) is 11.3 Å². The van der Waals surface area contributed by atoms with E-state index in [0.29, 0.717) is 0 Å². The van der Waals surface area contributed by atoms with E-state index in [4.69, 9.17) is 4.74 Å². The summed E-state index contributed by atoms with van der Waals surface area (Å²) >= 11 is 0. The third-order valence-corrected chi connectivity index (χ3v) is 3.60. The van der Waals surface area contributed by atoms with E-state index in [1.807, 2.05) is 52.0 Å². The number of ketones is 2. The number of carbonyl (C=O) groups excluding carboxylic acids is 2. The molecule has 0 aliphatic carbocycles. The van der Waals surface area contributed by atoms with Crippen molar-refractivity contribution in [2.45, 2.75) is 40.5 Å². The van der Waals surface area contributed by atoms with Crippen molar-refractivity contribution in [3.63, 3.8) is 0 Å². The SMILES string of the molecule is COc1ccc([C@@H](C)[C@H](C(C)=O)C(=O)C(C)(C)C)cc1. The first-order valence-electron chi connectivity index (χ1n) is 6.87. The second kappa shape index (κ2) is 6.21. The normalized spacial score (nSPS) is 14.5. The van der Waals surface area contributed by atoms with Gasteiger partial charge in [0.05, 0.1) is 13.0 Å². The monoisotopic (exact) mass is 276 g/mol. The summed E-state index contributed by atoms with van der Waals surface area (Å²) in [6.07, 6.45) is 0. The zero-order valence-electron chi connectivity index (χ0n) is 13.2. The molecule has 0 spiro atoms. The molecule has 1 aromatic carbocycles. The van der Waals surface area contributed by atoms with Crippen LogP contribution in [0.15, 0.2) is 24.3 Å². The summed E-state index contributed by atoms with van der Waals surface area (Å²) in [5.74, 6) is -0.0439. The zero-order chi connectivity index (χ0) is 15.5. The van der Waals surface area contributed by atoms with Crippen molar-refractivity contribution >= 4 is 11.6 Å². The Morgan fingerprint density at radius 3 is 1.95 bits per heavy atom. The van der Waals surface area contributed by atoms with Crippen LogP contribution in [-0.4, -0.2) is 18.7 Å². The molecule has 0 aliphatic heterocycles. The van der Waals surface area contributed by atoms with Crippen LogP contribution in [0.2, 0.25) is 0 Å². The van der Waals surface area contributed by atoms with E-state index in [1.165, 1.54) is 6.92 Å². The molecule has 110 valence electrons. The molecule has 0 amide bonds. The number of methoxy groups -OCH3 is 1. The van der Waals surface area contributed by atoms with Crippen LogP contribution in [-0.2, 0) is 9.59 Å². The van der Waals surface area contributed by atoms with Crippen molar-refractivity contribution in [3.8, 4) is 5.75 Å². The molecule has 0 fully saturated rings. The molecule has 0 radical (unpaired) electrons. The molecular weight excluding hydrogens is 252 g/mol. The van der Waals surface area contributed by atoms with Crippen LogP contribution in [0.3, 0.4) is 0 Å². The quantitative estimate of drug-likeness (QED) is 0.771. The molecule has 1 aromatic rings. The van der Waals surface area contributed by atoms with Crippen LogP contribution >= 0.6 is 0 Å². The Balaban J connectivity index is 3.08. The smallest absolute Gasteiger partial charge is 0.149 e. The summed E-state index contributed by atoms with van der Waals surface area (Å²) in [6.45, 7) is 8.98. The van der Waals surface area contributed by atoms with Gasteiger partial charge in [-0.25, -0.2) is 0 Å². The molecule has 3 heteroatoms. The van der Waals surface area contributed by atoms with Gasteiger partial charge in [-0.3, -0.25) is 9.59 Å². The van der Waals surface area contributed by atoms with E-state index < -0.39 is 11.3 Å². The summed E-state index contributed by atoms with van der Waals surface area (Å²) in [4.78, 5) is 24.4. The van der Waals surface area contributed by atoms with Crippen molar-refractivity contribution in [1.82, 2.24) is 0 Å². The van der Waals surface area contributed by atoms with Gasteiger partial charge in [-0.15, -0.1) is 0 Å². The van der Waals surface area contributed by atoms with Gasteiger partial charge in [0, 0.05) is 5.41 Å². The second-order valence-electron chi connectivity index (χ2n) is 6.26. The fourth-order valence-electron chi connectivity index (χ4n) is 2.33. The molecule has 20 heavy (non-hydrogen) atoms. The maximum Gasteiger partial charge on any atom is 0.149 e. The van der Waals surface area contributed by atoms with Crippen LogP contribution < -0.4 is 4.74 Å². The second-order valence-corrected chi connectivity index (χ2v) is 6.26. The largest absolute Gasteiger partial charge is 0.497 e. The lowest BCUT2D eigenvalue weighted by Gasteiger charge is -2.27. The van der Waals surface area contributed by atoms with Gasteiger partial charge in [-0.05, 0) is 30.5 Å². The Kier molecular flexibility index (Phi) is 5.09. The van der Waals surface area contributed by atoms with E-state index in [-0.39, 0.29) is 17.5 Å². The number of hydrogen-bond donors (Lipinski definition) is 0. The highest BCUT2D eigenvalue weighted by atomic mass is 16.5. The molecule has 0 aliphatic rings. The average Bonchev–Trinajstić information content (AvgIpc) is 2.37. The minimum absolute atomic E-state index is 0.00619. The van der Waals surface area contributed by atoms with Crippen molar-refractivity contribution < 1.29 is 14.3 Å². The van der Waals surface area contributed by atoms with Gasteiger partial charge < -0.3 is 4.74 Å². The molecular formula is C17H24O3. The molecule has 0 N–H and O–H groups in total. The van der Waals surface area contributed by atoms with Gasteiger partial charge in [0.2, 0.25) is 0 Å². The predicted octanol–water partition coefficient (Wildman–Crippen LogP) is 3.62. The Bertz CT molecular complexity index is 480. The molecule has 0 saturated carbocycles. The molecule has 0 heterocycles. The maximum absolute atomic E-state index is 12.5. The third kappa shape index (κ3) is 3.69. The van der Waals surface area contributed by atoms with Gasteiger partial charge >= 0.3 is 0 Å². The van der Waals surface area contributed by atoms with Gasteiger partial charge in [-0.1, -0.05) is 39.8 Å². The maximum atomic E-state index is 12.5. The van der Waals surface area contributed by atoms with Crippen molar-refractivity contribution in [3.05, 3.63) is 29.8 Å². The average molecular weight is 276 g/mol. The lowest BCUT2D eigenvalue weighted by molar-refractivity contribution is -0.137. The fraction of sp³-hybridized carbons (Fsp3) is 0.529.